The minimum Gasteiger partial charge on any atom is -0.298 e. The molecule has 0 amide bonds. The third-order valence-corrected chi connectivity index (χ3v) is 4.21. The van der Waals surface area contributed by atoms with Crippen LogP contribution in [0, 0.1) is 5.41 Å². The largest absolute Gasteiger partial charge is 0.298 e. The van der Waals surface area contributed by atoms with Crippen molar-refractivity contribution < 1.29 is 0 Å². The summed E-state index contributed by atoms with van der Waals surface area (Å²) in [6.07, 6.45) is 2.48. The molecule has 2 N–H and O–H groups in total. The molecule has 0 heterocycles. The molecule has 0 atom stereocenters. The molecule has 0 fully saturated rings. The number of hydrogen-bond donors (Lipinski definition) is 2. The van der Waals surface area contributed by atoms with Gasteiger partial charge in [0.15, 0.2) is 0 Å². The zero-order chi connectivity index (χ0) is 15.4. The van der Waals surface area contributed by atoms with Crippen molar-refractivity contribution in [3.8, 4) is 0 Å². The Bertz CT molecular complexity index is 168. The zero-order valence-corrected chi connectivity index (χ0v) is 15.2. The van der Waals surface area contributed by atoms with Crippen LogP contribution in [0.2, 0.25) is 0 Å². The normalized spacial score (nSPS) is 11.3. The molecular weight excluding hydrogens is 240 g/mol. The average Bonchev–Trinajstić information content (AvgIpc) is 2.40. The first-order chi connectivity index (χ1) is 8.33. The second-order valence-electron chi connectivity index (χ2n) is 5.38. The van der Waals surface area contributed by atoms with E-state index in [-0.39, 0.29) is 0 Å². The van der Waals surface area contributed by atoms with Crippen LogP contribution in [-0.4, -0.2) is 23.5 Å². The summed E-state index contributed by atoms with van der Waals surface area (Å²) >= 11 is 3.03. The van der Waals surface area contributed by atoms with Crippen molar-refractivity contribution in [2.24, 2.45) is 10.6 Å². The van der Waals surface area contributed by atoms with Crippen molar-refractivity contribution in [2.45, 2.75) is 80.7 Å². The predicted molar refractivity (Wildman–Crippen MR) is 90.2 cm³/mol. The molecule has 0 unspecified atom stereocenters. The molecule has 0 aliphatic carbocycles. The summed E-state index contributed by atoms with van der Waals surface area (Å²) in [6, 6.07) is 0. The zero-order valence-electron chi connectivity index (χ0n) is 14.3. The Morgan fingerprint density at radius 1 is 0.944 bits per heavy atom. The molecule has 18 heavy (non-hydrogen) atoms. The minimum atomic E-state index is 0.298. The van der Waals surface area contributed by atoms with Crippen molar-refractivity contribution in [2.75, 3.05) is 13.1 Å². The highest BCUT2D eigenvalue weighted by atomic mass is 32.1. The van der Waals surface area contributed by atoms with Crippen LogP contribution in [0.25, 0.3) is 0 Å². The molecule has 0 aromatic carbocycles. The summed E-state index contributed by atoms with van der Waals surface area (Å²) in [4.78, 5) is 2.61. The third-order valence-electron chi connectivity index (χ3n) is 4.21. The fourth-order valence-corrected chi connectivity index (χ4v) is 1.96. The molecule has 114 valence electrons. The molecule has 0 aromatic rings. The van der Waals surface area contributed by atoms with Gasteiger partial charge < -0.3 is 0 Å². The van der Waals surface area contributed by atoms with E-state index >= 15 is 0 Å². The maximum absolute atomic E-state index is 4.19. The lowest BCUT2D eigenvalue weighted by atomic mass is 9.71. The van der Waals surface area contributed by atoms with E-state index in [9.17, 15) is 0 Å². The minimum absolute atomic E-state index is 0.298. The monoisotopic (exact) mass is 278 g/mol. The number of rotatable bonds is 6. The Hall–Kier alpha value is 0.270. The lowest BCUT2D eigenvalue weighted by Crippen LogP contribution is -2.53. The van der Waals surface area contributed by atoms with Crippen LogP contribution < -0.4 is 5.14 Å². The van der Waals surface area contributed by atoms with E-state index in [0.29, 0.717) is 11.0 Å². The van der Waals surface area contributed by atoms with Gasteiger partial charge in [-0.3, -0.25) is 10.0 Å². The van der Waals surface area contributed by atoms with E-state index in [1.807, 2.05) is 13.8 Å². The highest BCUT2D eigenvalue weighted by Crippen LogP contribution is 2.38. The van der Waals surface area contributed by atoms with Crippen LogP contribution in [0.4, 0.5) is 0 Å². The van der Waals surface area contributed by atoms with Gasteiger partial charge in [-0.25, -0.2) is 0 Å². The van der Waals surface area contributed by atoms with E-state index in [1.54, 1.807) is 0 Å². The molecule has 0 rings (SSSR count). The molecule has 0 saturated carbocycles. The van der Waals surface area contributed by atoms with Crippen LogP contribution in [0.3, 0.4) is 0 Å². The highest BCUT2D eigenvalue weighted by molar-refractivity contribution is 7.77. The molecule has 0 aromatic heterocycles. The van der Waals surface area contributed by atoms with Crippen molar-refractivity contribution in [3.05, 3.63) is 0 Å². The van der Waals surface area contributed by atoms with Gasteiger partial charge >= 0.3 is 0 Å². The van der Waals surface area contributed by atoms with Gasteiger partial charge in [0.2, 0.25) is 0 Å². The van der Waals surface area contributed by atoms with E-state index in [0.717, 1.165) is 6.54 Å². The maximum Gasteiger partial charge on any atom is 0.0203 e. The molecule has 0 aliphatic rings. The Morgan fingerprint density at radius 2 is 1.33 bits per heavy atom. The Kier molecular flexibility index (Phi) is 16.0. The lowest BCUT2D eigenvalue weighted by Gasteiger charge is -2.49. The predicted octanol–water partition coefficient (Wildman–Crippen LogP) is 4.75. The third kappa shape index (κ3) is 7.01. The van der Waals surface area contributed by atoms with Gasteiger partial charge in [-0.15, -0.1) is 12.8 Å². The summed E-state index contributed by atoms with van der Waals surface area (Å²) in [5, 5.41) is 4.19. The smallest absolute Gasteiger partial charge is 0.0203 e. The van der Waals surface area contributed by atoms with E-state index in [2.05, 4.69) is 71.3 Å². The number of nitrogens with zero attached hydrogens (tertiary/aromatic N) is 1. The second kappa shape index (κ2) is 12.3. The summed E-state index contributed by atoms with van der Waals surface area (Å²) in [6.45, 7) is 22.7. The van der Waals surface area contributed by atoms with Gasteiger partial charge in [0.25, 0.3) is 0 Å². The van der Waals surface area contributed by atoms with Crippen LogP contribution >= 0.6 is 12.8 Å². The summed E-state index contributed by atoms with van der Waals surface area (Å²) in [5.74, 6) is 0. The standard InChI is InChI=1S/C13H29N.C2H6.H3NS/c1-8-11-14(10-3)13(6,7)12(4,5)9-2;2*1-2/h8-11H2,1-7H3;1-2H3;2H,1H2. The molecule has 2 nitrogen and oxygen atoms in total. The van der Waals surface area contributed by atoms with Crippen LogP contribution in [-0.2, 0) is 0 Å². The Balaban J connectivity index is -0.000000506. The van der Waals surface area contributed by atoms with Gasteiger partial charge in [-0.1, -0.05) is 48.5 Å². The lowest BCUT2D eigenvalue weighted by molar-refractivity contribution is 0.0120. The summed E-state index contributed by atoms with van der Waals surface area (Å²) in [7, 11) is 0. The van der Waals surface area contributed by atoms with E-state index < -0.39 is 0 Å². The molecule has 0 radical (unpaired) electrons. The first-order valence-electron chi connectivity index (χ1n) is 7.34. The van der Waals surface area contributed by atoms with Crippen molar-refractivity contribution in [3.63, 3.8) is 0 Å². The molecule has 0 saturated heterocycles. The van der Waals surface area contributed by atoms with Gasteiger partial charge in [0.1, 0.15) is 0 Å². The highest BCUT2D eigenvalue weighted by Gasteiger charge is 2.39. The van der Waals surface area contributed by atoms with Crippen LogP contribution in [0.5, 0.6) is 0 Å². The fourth-order valence-electron chi connectivity index (χ4n) is 1.96. The van der Waals surface area contributed by atoms with Gasteiger partial charge in [-0.2, -0.15) is 0 Å². The second-order valence-corrected chi connectivity index (χ2v) is 5.38. The molecule has 3 heteroatoms. The summed E-state index contributed by atoms with van der Waals surface area (Å²) in [5.41, 5.74) is 0.685. The van der Waals surface area contributed by atoms with Crippen molar-refractivity contribution in [1.82, 2.24) is 4.90 Å². The van der Waals surface area contributed by atoms with Crippen LogP contribution in [0.1, 0.15) is 75.2 Å². The Labute approximate surface area is 122 Å². The fraction of sp³-hybridized carbons (Fsp3) is 1.00. The quantitative estimate of drug-likeness (QED) is 0.687. The molecule has 0 spiro atoms. The molecule has 0 aliphatic heterocycles. The topological polar surface area (TPSA) is 29.3 Å². The Morgan fingerprint density at radius 3 is 1.56 bits per heavy atom. The first kappa shape index (κ1) is 23.4. The van der Waals surface area contributed by atoms with Gasteiger partial charge in [-0.05, 0) is 45.2 Å². The number of nitrogens with two attached hydrogens (primary N) is 1. The first-order valence-corrected chi connectivity index (χ1v) is 7.86. The van der Waals surface area contributed by atoms with Gasteiger partial charge in [0, 0.05) is 5.54 Å². The molecule has 0 bridgehead atoms. The van der Waals surface area contributed by atoms with Gasteiger partial charge in [0.05, 0.1) is 0 Å². The molecular formula is C15H38N2S. The summed E-state index contributed by atoms with van der Waals surface area (Å²) < 4.78 is 0. The average molecular weight is 279 g/mol. The number of hydrogen-bond acceptors (Lipinski definition) is 3. The van der Waals surface area contributed by atoms with Crippen molar-refractivity contribution in [1.29, 1.82) is 0 Å². The number of thiol groups is 1. The van der Waals surface area contributed by atoms with Crippen LogP contribution in [0.15, 0.2) is 0 Å². The van der Waals surface area contributed by atoms with E-state index in [1.165, 1.54) is 19.4 Å². The van der Waals surface area contributed by atoms with Crippen molar-refractivity contribution >= 4 is 12.8 Å². The maximum atomic E-state index is 4.19. The van der Waals surface area contributed by atoms with E-state index in [4.69, 9.17) is 0 Å². The SMILES string of the molecule is CC.CCCN(CC)C(C)(C)C(C)(C)CC.NS.